The number of nitrogens with zero attached hydrogens (tertiary/aromatic N) is 6. The molecule has 13 nitrogen and oxygen atoms in total. The largest absolute Gasteiger partial charge is 0.457 e. The lowest BCUT2D eigenvalue weighted by molar-refractivity contribution is -0.152. The third-order valence-corrected chi connectivity index (χ3v) is 13.2. The molecule has 2 N–H and O–H groups in total. The van der Waals surface area contributed by atoms with Gasteiger partial charge in [-0.25, -0.2) is 4.98 Å². The second-order valence-electron chi connectivity index (χ2n) is 17.6. The van der Waals surface area contributed by atoms with Crippen LogP contribution in [0.15, 0.2) is 103 Å². The van der Waals surface area contributed by atoms with E-state index in [1.54, 1.807) is 54.1 Å². The number of aliphatic hydroxyl groups is 1. The lowest BCUT2D eigenvalue weighted by atomic mass is 9.80. The molecule has 0 unspecified atom stereocenters. The highest BCUT2D eigenvalue weighted by atomic mass is 35.5. The van der Waals surface area contributed by atoms with Gasteiger partial charge >= 0.3 is 0 Å². The minimum atomic E-state index is -1.32. The molecule has 0 aliphatic carbocycles. The Labute approximate surface area is 390 Å². The monoisotopic (exact) mass is 921 g/mol. The van der Waals surface area contributed by atoms with Crippen molar-refractivity contribution in [1.29, 1.82) is 0 Å². The molecule has 3 heterocycles. The Morgan fingerprint density at radius 2 is 1.60 bits per heavy atom. The summed E-state index contributed by atoms with van der Waals surface area (Å²) in [6.07, 6.45) is 3.48. The average Bonchev–Trinajstić information content (AvgIpc) is 3.65. The van der Waals surface area contributed by atoms with Crippen LogP contribution in [0.3, 0.4) is 0 Å². The van der Waals surface area contributed by atoms with Gasteiger partial charge in [-0.1, -0.05) is 71.7 Å². The molecule has 65 heavy (non-hydrogen) atoms. The maximum absolute atomic E-state index is 15.0. The second-order valence-corrected chi connectivity index (χ2v) is 18.4. The van der Waals surface area contributed by atoms with Crippen LogP contribution in [0.2, 0.25) is 10.0 Å². The Kier molecular flexibility index (Phi) is 15.0. The second kappa shape index (κ2) is 20.6. The number of likely N-dealkylation sites (N-methyl/N-ethyl adjacent to an activating group) is 1. The molecular weight excluding hydrogens is 865 g/mol. The first-order valence-corrected chi connectivity index (χ1v) is 22.7. The van der Waals surface area contributed by atoms with Gasteiger partial charge in [-0.3, -0.25) is 19.2 Å². The Morgan fingerprint density at radius 1 is 0.892 bits per heavy atom. The van der Waals surface area contributed by atoms with E-state index in [0.29, 0.717) is 59.5 Å². The topological polar surface area (TPSA) is 141 Å². The number of fused-ring (bicyclic) bond motifs is 2. The number of hydrogen-bond acceptors (Lipinski definition) is 8. The molecule has 2 aliphatic heterocycles. The van der Waals surface area contributed by atoms with E-state index in [2.05, 4.69) is 19.8 Å². The van der Waals surface area contributed by atoms with Crippen LogP contribution >= 0.6 is 23.2 Å². The summed E-state index contributed by atoms with van der Waals surface area (Å²) in [6.45, 7) is 2.12. The van der Waals surface area contributed by atoms with Crippen molar-refractivity contribution in [2.75, 3.05) is 40.8 Å². The van der Waals surface area contributed by atoms with E-state index in [4.69, 9.17) is 27.9 Å². The van der Waals surface area contributed by atoms with Crippen molar-refractivity contribution in [1.82, 2.24) is 34.5 Å². The number of hydrogen-bond donors (Lipinski definition) is 2. The van der Waals surface area contributed by atoms with E-state index in [-0.39, 0.29) is 31.8 Å². The maximum Gasteiger partial charge on any atom is 0.247 e. The van der Waals surface area contributed by atoms with Gasteiger partial charge in [0.05, 0.1) is 43.0 Å². The number of piperidine rings is 1. The lowest BCUT2D eigenvalue weighted by Crippen LogP contribution is -2.65. The van der Waals surface area contributed by atoms with E-state index in [1.165, 1.54) is 4.90 Å². The van der Waals surface area contributed by atoms with Crippen molar-refractivity contribution < 1.29 is 29.0 Å². The van der Waals surface area contributed by atoms with Gasteiger partial charge in [0.25, 0.3) is 0 Å². The summed E-state index contributed by atoms with van der Waals surface area (Å²) < 4.78 is 8.51. The number of ether oxygens (including phenoxy) is 1. The van der Waals surface area contributed by atoms with Gasteiger partial charge in [0, 0.05) is 54.8 Å². The Morgan fingerprint density at radius 3 is 2.29 bits per heavy atom. The van der Waals surface area contributed by atoms with Crippen molar-refractivity contribution in [3.05, 3.63) is 136 Å². The SMILES string of the molecule is C[C@H]1C(=O)N[C@@H](CO)C(=O)N(C)[C@@]2(Cc3ccc(Cl)cc3)CCCN(C2)C(=O)[C@H](Cc2ccccc2)CC(=O)N1Cc1ccc(Cl)cc1Oc1ccc(-c2cnc(CN(C)C)n2C)cc1. The summed E-state index contributed by atoms with van der Waals surface area (Å²) >= 11 is 12.8. The number of nitrogens with one attached hydrogen (secondary N) is 1. The molecule has 0 radical (unpaired) electrons. The van der Waals surface area contributed by atoms with E-state index in [9.17, 15) is 24.3 Å². The molecule has 2 fully saturated rings. The summed E-state index contributed by atoms with van der Waals surface area (Å²) in [5, 5.41) is 14.4. The molecule has 0 saturated carbocycles. The van der Waals surface area contributed by atoms with Crippen molar-refractivity contribution in [2.24, 2.45) is 13.0 Å². The van der Waals surface area contributed by atoms with E-state index < -0.39 is 47.9 Å². The van der Waals surface area contributed by atoms with Crippen LogP contribution in [-0.2, 0) is 52.2 Å². The van der Waals surface area contributed by atoms with Gasteiger partial charge in [-0.2, -0.15) is 0 Å². The van der Waals surface area contributed by atoms with Crippen molar-refractivity contribution in [3.63, 3.8) is 0 Å². The average molecular weight is 923 g/mol. The number of imidazole rings is 1. The quantitative estimate of drug-likeness (QED) is 0.140. The third-order valence-electron chi connectivity index (χ3n) is 12.7. The molecular formula is C50H57Cl2N7O6. The van der Waals surface area contributed by atoms with E-state index in [0.717, 1.165) is 28.2 Å². The standard InChI is InChI=1S/C50H57Cl2N7O6/c1-33-47(62)54-42(31-60)49(64)57(5)50(27-35-12-17-39(51)18-13-35)22-9-23-58(32-50)48(63)38(24-34-10-7-6-8-11-34)25-46(61)59(33)29-37-14-19-40(52)26-44(37)65-41-20-15-36(16-21-41)43-28-53-45(56(43)4)30-55(2)3/h6-8,10-21,26,28,33,38,42,60H,9,22-25,27,29-32H2,1-5H3,(H,54,62)/t33-,38+,42-,50+/m0/s1. The molecule has 2 saturated heterocycles. The van der Waals surface area contributed by atoms with Crippen molar-refractivity contribution in [3.8, 4) is 22.8 Å². The molecule has 342 valence electrons. The molecule has 0 spiro atoms. The number of aliphatic hydroxyl groups excluding tert-OH is 1. The summed E-state index contributed by atoms with van der Waals surface area (Å²) in [7, 11) is 7.65. The Hall–Kier alpha value is -5.73. The van der Waals surface area contributed by atoms with Crippen molar-refractivity contribution in [2.45, 2.75) is 69.7 Å². The van der Waals surface area contributed by atoms with Gasteiger partial charge in [-0.05, 0) is 106 Å². The number of carbonyl (C=O) groups excluding carboxylic acids is 4. The molecule has 2 bridgehead atoms. The molecule has 15 heteroatoms. The highest BCUT2D eigenvalue weighted by Gasteiger charge is 2.46. The first-order chi connectivity index (χ1) is 31.1. The fraction of sp³-hybridized carbons (Fsp3) is 0.380. The number of benzene rings is 4. The molecule has 4 aromatic carbocycles. The molecule has 1 aromatic heterocycles. The smallest absolute Gasteiger partial charge is 0.247 e. The lowest BCUT2D eigenvalue weighted by Gasteiger charge is -2.50. The minimum absolute atomic E-state index is 0.0977. The van der Waals surface area contributed by atoms with E-state index in [1.807, 2.05) is 94.1 Å². The van der Waals surface area contributed by atoms with Crippen LogP contribution < -0.4 is 10.1 Å². The summed E-state index contributed by atoms with van der Waals surface area (Å²) in [6, 6.07) is 27.1. The van der Waals surface area contributed by atoms with Crippen LogP contribution in [0.25, 0.3) is 11.3 Å². The third kappa shape index (κ3) is 11.0. The first-order valence-electron chi connectivity index (χ1n) is 21.9. The predicted molar refractivity (Wildman–Crippen MR) is 251 cm³/mol. The fourth-order valence-electron chi connectivity index (χ4n) is 8.98. The summed E-state index contributed by atoms with van der Waals surface area (Å²) in [5.74, 6) is -0.787. The van der Waals surface area contributed by atoms with Gasteiger partial charge in [0.15, 0.2) is 0 Å². The van der Waals surface area contributed by atoms with Gasteiger partial charge in [0.1, 0.15) is 29.4 Å². The van der Waals surface area contributed by atoms with Crippen molar-refractivity contribution >= 4 is 46.8 Å². The highest BCUT2D eigenvalue weighted by Crippen LogP contribution is 2.35. The van der Waals surface area contributed by atoms with E-state index >= 15 is 0 Å². The van der Waals surface area contributed by atoms with Crippen LogP contribution in [0.1, 0.15) is 48.7 Å². The van der Waals surface area contributed by atoms with Gasteiger partial charge in [-0.15, -0.1) is 0 Å². The molecule has 2 aliphatic rings. The first kappa shape index (κ1) is 47.2. The van der Waals surface area contributed by atoms with Crippen LogP contribution in [-0.4, -0.2) is 116 Å². The summed E-state index contributed by atoms with van der Waals surface area (Å²) in [5.41, 5.74) is 3.35. The number of amides is 4. The zero-order chi connectivity index (χ0) is 46.4. The molecule has 7 rings (SSSR count). The van der Waals surface area contributed by atoms with Crippen LogP contribution in [0.5, 0.6) is 11.5 Å². The van der Waals surface area contributed by atoms with Gasteiger partial charge in [0.2, 0.25) is 23.6 Å². The number of rotatable bonds is 12. The number of carbonyl (C=O) groups is 4. The normalized spacial score (nSPS) is 21.1. The Balaban J connectivity index is 1.22. The number of halogens is 2. The number of aromatic nitrogens is 2. The molecule has 5 aromatic rings. The zero-order valence-electron chi connectivity index (χ0n) is 37.5. The zero-order valence-corrected chi connectivity index (χ0v) is 39.1. The minimum Gasteiger partial charge on any atom is -0.457 e. The Bertz CT molecular complexity index is 2480. The predicted octanol–water partition coefficient (Wildman–Crippen LogP) is 6.77. The fourth-order valence-corrected chi connectivity index (χ4v) is 9.27. The van der Waals surface area contributed by atoms with Gasteiger partial charge < -0.3 is 39.3 Å². The van der Waals surface area contributed by atoms with Crippen LogP contribution in [0.4, 0.5) is 0 Å². The maximum atomic E-state index is 15.0. The summed E-state index contributed by atoms with van der Waals surface area (Å²) in [4.78, 5) is 70.2. The molecule has 4 atom stereocenters. The highest BCUT2D eigenvalue weighted by molar-refractivity contribution is 6.31. The van der Waals surface area contributed by atoms with Crippen LogP contribution in [0, 0.1) is 5.92 Å². The molecule has 4 amide bonds.